The second kappa shape index (κ2) is 5.03. The van der Waals surface area contributed by atoms with E-state index in [1.165, 1.54) is 0 Å². The van der Waals surface area contributed by atoms with Gasteiger partial charge in [-0.25, -0.2) is 15.0 Å². The Morgan fingerprint density at radius 2 is 2.11 bits per heavy atom. The topological polar surface area (TPSA) is 55.6 Å². The first-order valence-corrected chi connectivity index (χ1v) is 5.15. The van der Waals surface area contributed by atoms with Crippen LogP contribution >= 0.6 is 0 Å². The first-order chi connectivity index (χ1) is 8.55. The molecule has 2 heterocycles. The molecule has 0 aliphatic rings. The van der Waals surface area contributed by atoms with E-state index in [0.717, 1.165) is 12.3 Å². The van der Waals surface area contributed by atoms with Gasteiger partial charge in [-0.15, -0.1) is 0 Å². The normalized spacial score (nSPS) is 11.5. The number of anilines is 1. The maximum absolute atomic E-state index is 12.4. The summed E-state index contributed by atoms with van der Waals surface area (Å²) in [7, 11) is 0. The predicted molar refractivity (Wildman–Crippen MR) is 57.8 cm³/mol. The Hall–Kier alpha value is -2.12. The van der Waals surface area contributed by atoms with Crippen LogP contribution < -0.4 is 5.32 Å². The van der Waals surface area contributed by atoms with Gasteiger partial charge in [-0.3, -0.25) is 0 Å². The van der Waals surface area contributed by atoms with E-state index in [2.05, 4.69) is 20.3 Å². The van der Waals surface area contributed by atoms with Crippen molar-refractivity contribution in [2.45, 2.75) is 12.7 Å². The summed E-state index contributed by atoms with van der Waals surface area (Å²) < 4.78 is 38.9. The molecule has 0 unspecified atom stereocenters. The minimum absolute atomic E-state index is 0.0371. The van der Waals surface area contributed by atoms with Gasteiger partial charge in [-0.2, -0.15) is 13.2 Å². The third-order valence-corrected chi connectivity index (χ3v) is 2.16. The van der Waals surface area contributed by atoms with E-state index < -0.39 is 11.9 Å². The van der Waals surface area contributed by atoms with Crippen molar-refractivity contribution in [2.75, 3.05) is 11.9 Å². The smallest absolute Gasteiger partial charge is 0.352 e. The highest BCUT2D eigenvalue weighted by Gasteiger charge is 2.32. The predicted octanol–water partition coefficient (Wildman–Crippen LogP) is 1.80. The molecule has 0 saturated heterocycles. The van der Waals surface area contributed by atoms with Gasteiger partial charge < -0.3 is 9.88 Å². The van der Waals surface area contributed by atoms with E-state index in [-0.39, 0.29) is 5.95 Å². The Labute approximate surface area is 101 Å². The third-order valence-electron chi connectivity index (χ3n) is 2.16. The zero-order valence-electron chi connectivity index (χ0n) is 9.22. The molecule has 0 bridgehead atoms. The molecule has 8 heteroatoms. The van der Waals surface area contributed by atoms with Crippen LogP contribution in [0.2, 0.25) is 0 Å². The minimum Gasteiger partial charge on any atom is -0.352 e. The van der Waals surface area contributed by atoms with Crippen LogP contribution in [0.3, 0.4) is 0 Å². The first kappa shape index (κ1) is 12.3. The number of nitrogens with zero attached hydrogens (tertiary/aromatic N) is 4. The molecule has 1 N–H and O–H groups in total. The molecule has 0 saturated carbocycles. The second-order valence-corrected chi connectivity index (χ2v) is 3.49. The van der Waals surface area contributed by atoms with Crippen LogP contribution in [0.15, 0.2) is 31.0 Å². The van der Waals surface area contributed by atoms with Gasteiger partial charge in [-0.1, -0.05) is 0 Å². The number of halogens is 3. The summed E-state index contributed by atoms with van der Waals surface area (Å²) in [6.45, 7) is 0.983. The van der Waals surface area contributed by atoms with E-state index in [1.807, 2.05) is 0 Å². The quantitative estimate of drug-likeness (QED) is 0.907. The molecule has 0 aliphatic carbocycles. The Balaban J connectivity index is 1.93. The summed E-state index contributed by atoms with van der Waals surface area (Å²) in [6, 6.07) is 0.834. The highest BCUT2D eigenvalue weighted by Crippen LogP contribution is 2.27. The lowest BCUT2D eigenvalue weighted by Gasteiger charge is -2.08. The number of hydrogen-bond donors (Lipinski definition) is 1. The number of rotatable bonds is 4. The van der Waals surface area contributed by atoms with E-state index in [0.29, 0.717) is 13.1 Å². The maximum atomic E-state index is 12.4. The van der Waals surface area contributed by atoms with Crippen molar-refractivity contribution in [1.29, 1.82) is 0 Å². The van der Waals surface area contributed by atoms with E-state index in [4.69, 9.17) is 0 Å². The van der Waals surface area contributed by atoms with Crippen LogP contribution in [0.5, 0.6) is 0 Å². The number of imidazole rings is 1. The van der Waals surface area contributed by atoms with E-state index in [1.54, 1.807) is 23.3 Å². The number of nitrogens with one attached hydrogen (secondary N) is 1. The molecular formula is C10H10F3N5. The van der Waals surface area contributed by atoms with Crippen molar-refractivity contribution < 1.29 is 13.2 Å². The summed E-state index contributed by atoms with van der Waals surface area (Å²) in [5.41, 5.74) is -0.956. The Bertz CT molecular complexity index is 494. The molecule has 2 rings (SSSR count). The fourth-order valence-corrected chi connectivity index (χ4v) is 1.32. The average Bonchev–Trinajstić information content (AvgIpc) is 2.81. The van der Waals surface area contributed by atoms with Crippen molar-refractivity contribution in [2.24, 2.45) is 0 Å². The number of hydrogen-bond acceptors (Lipinski definition) is 4. The van der Waals surface area contributed by atoms with Crippen LogP contribution in [0.4, 0.5) is 19.1 Å². The summed E-state index contributed by atoms with van der Waals surface area (Å²) in [4.78, 5) is 11.0. The van der Waals surface area contributed by atoms with E-state index >= 15 is 0 Å². The summed E-state index contributed by atoms with van der Waals surface area (Å²) in [5.74, 6) is -0.0371. The van der Waals surface area contributed by atoms with Gasteiger partial charge in [0.2, 0.25) is 5.95 Å². The highest BCUT2D eigenvalue weighted by molar-refractivity contribution is 5.25. The fourth-order valence-electron chi connectivity index (χ4n) is 1.32. The molecule has 0 amide bonds. The van der Waals surface area contributed by atoms with Gasteiger partial charge in [0, 0.05) is 31.7 Å². The molecule has 0 fully saturated rings. The summed E-state index contributed by atoms with van der Waals surface area (Å²) >= 11 is 0. The molecule has 2 aromatic heterocycles. The van der Waals surface area contributed by atoms with Crippen molar-refractivity contribution in [3.8, 4) is 0 Å². The van der Waals surface area contributed by atoms with Crippen LogP contribution in [-0.4, -0.2) is 26.1 Å². The average molecular weight is 257 g/mol. The second-order valence-electron chi connectivity index (χ2n) is 3.49. The fraction of sp³-hybridized carbons (Fsp3) is 0.300. The molecular weight excluding hydrogens is 247 g/mol. The van der Waals surface area contributed by atoms with Gasteiger partial charge in [0.25, 0.3) is 0 Å². The molecule has 2 aromatic rings. The molecule has 96 valence electrons. The summed E-state index contributed by atoms with van der Waals surface area (Å²) in [6.07, 6.45) is 1.63. The van der Waals surface area contributed by atoms with Crippen LogP contribution in [-0.2, 0) is 12.7 Å². The zero-order chi connectivity index (χ0) is 13.0. The molecule has 0 radical (unpaired) electrons. The van der Waals surface area contributed by atoms with E-state index in [9.17, 15) is 13.2 Å². The molecule has 18 heavy (non-hydrogen) atoms. The van der Waals surface area contributed by atoms with Crippen molar-refractivity contribution >= 4 is 5.95 Å². The molecule has 0 aliphatic heterocycles. The monoisotopic (exact) mass is 257 g/mol. The van der Waals surface area contributed by atoms with Gasteiger partial charge in [0.1, 0.15) is 5.69 Å². The molecule has 0 aromatic carbocycles. The highest BCUT2D eigenvalue weighted by atomic mass is 19.4. The van der Waals surface area contributed by atoms with Gasteiger partial charge >= 0.3 is 6.18 Å². The van der Waals surface area contributed by atoms with Crippen molar-refractivity contribution in [1.82, 2.24) is 19.5 Å². The Morgan fingerprint density at radius 3 is 2.78 bits per heavy atom. The standard InChI is InChI=1S/C10H10F3N5/c11-10(12,13)8-1-2-15-9(17-8)16-4-6-18-5-3-14-7-18/h1-3,5,7H,4,6H2,(H,15,16,17). The molecule has 0 spiro atoms. The molecule has 0 atom stereocenters. The Morgan fingerprint density at radius 1 is 1.28 bits per heavy atom. The molecule has 5 nitrogen and oxygen atoms in total. The van der Waals surface area contributed by atoms with Crippen LogP contribution in [0, 0.1) is 0 Å². The van der Waals surface area contributed by atoms with Crippen LogP contribution in [0.1, 0.15) is 5.69 Å². The van der Waals surface area contributed by atoms with Gasteiger partial charge in [-0.05, 0) is 6.07 Å². The Kier molecular flexibility index (Phi) is 3.45. The lowest BCUT2D eigenvalue weighted by molar-refractivity contribution is -0.141. The van der Waals surface area contributed by atoms with Crippen molar-refractivity contribution in [3.05, 3.63) is 36.7 Å². The largest absolute Gasteiger partial charge is 0.433 e. The van der Waals surface area contributed by atoms with Gasteiger partial charge in [0.15, 0.2) is 0 Å². The number of alkyl halides is 3. The summed E-state index contributed by atoms with van der Waals surface area (Å²) in [5, 5.41) is 2.72. The van der Waals surface area contributed by atoms with Gasteiger partial charge in [0.05, 0.1) is 6.33 Å². The number of aromatic nitrogens is 4. The SMILES string of the molecule is FC(F)(F)c1ccnc(NCCn2ccnc2)n1. The lowest BCUT2D eigenvalue weighted by Crippen LogP contribution is -2.14. The third kappa shape index (κ3) is 3.19. The minimum atomic E-state index is -4.45. The van der Waals surface area contributed by atoms with Crippen LogP contribution in [0.25, 0.3) is 0 Å². The maximum Gasteiger partial charge on any atom is 0.433 e. The lowest BCUT2D eigenvalue weighted by atomic mass is 10.4. The van der Waals surface area contributed by atoms with Crippen molar-refractivity contribution in [3.63, 3.8) is 0 Å². The zero-order valence-corrected chi connectivity index (χ0v) is 9.22. The first-order valence-electron chi connectivity index (χ1n) is 5.15.